The number of hydrogen-bond donors (Lipinski definition) is 0. The largest absolute Gasteiger partial charge is 0.245 e. The molecule has 1 saturated heterocycles. The Bertz CT molecular complexity index is 1080. The summed E-state index contributed by atoms with van der Waals surface area (Å²) in [7, 11) is -3.56. The minimum atomic E-state index is -3.56. The van der Waals surface area contributed by atoms with Gasteiger partial charge in [-0.1, -0.05) is 54.6 Å². The van der Waals surface area contributed by atoms with Gasteiger partial charge in [0, 0.05) is 17.7 Å². The van der Waals surface area contributed by atoms with Gasteiger partial charge < -0.3 is 0 Å². The molecule has 0 N–H and O–H groups in total. The van der Waals surface area contributed by atoms with Crippen LogP contribution in [0, 0.1) is 0 Å². The van der Waals surface area contributed by atoms with E-state index in [1.807, 2.05) is 54.6 Å². The normalized spacial score (nSPS) is 20.1. The molecule has 26 heavy (non-hydrogen) atoms. The zero-order valence-corrected chi connectivity index (χ0v) is 15.9. The average Bonchev–Trinajstić information content (AvgIpc) is 3.32. The highest BCUT2D eigenvalue weighted by molar-refractivity contribution is 8.01. The van der Waals surface area contributed by atoms with Crippen molar-refractivity contribution < 1.29 is 8.42 Å². The Labute approximate surface area is 158 Å². The lowest BCUT2D eigenvalue weighted by atomic mass is 10.1. The van der Waals surface area contributed by atoms with Crippen LogP contribution in [0.2, 0.25) is 0 Å². The summed E-state index contributed by atoms with van der Waals surface area (Å²) in [6.45, 7) is 0.551. The second-order valence-corrected chi connectivity index (χ2v) is 9.86. The molecule has 3 aromatic carbocycles. The van der Waals surface area contributed by atoms with Crippen LogP contribution in [0.15, 0.2) is 65.6 Å². The molecule has 1 unspecified atom stereocenters. The molecule has 0 bridgehead atoms. The summed E-state index contributed by atoms with van der Waals surface area (Å²) in [5, 5.41) is 1.88. The highest BCUT2D eigenvalue weighted by Crippen LogP contribution is 2.43. The van der Waals surface area contributed by atoms with E-state index in [9.17, 15) is 8.42 Å². The van der Waals surface area contributed by atoms with Crippen LogP contribution in [-0.4, -0.2) is 25.0 Å². The molecule has 1 atom stereocenters. The van der Waals surface area contributed by atoms with Crippen LogP contribution < -0.4 is 0 Å². The van der Waals surface area contributed by atoms with Crippen LogP contribution >= 0.6 is 11.8 Å². The number of benzene rings is 3. The predicted octanol–water partition coefficient (Wildman–Crippen LogP) is 4.37. The molecule has 1 fully saturated rings. The summed E-state index contributed by atoms with van der Waals surface area (Å²) >= 11 is 1.70. The van der Waals surface area contributed by atoms with Gasteiger partial charge in [0.2, 0.25) is 10.0 Å². The van der Waals surface area contributed by atoms with Gasteiger partial charge in [0.25, 0.3) is 0 Å². The van der Waals surface area contributed by atoms with Crippen molar-refractivity contribution in [1.29, 1.82) is 0 Å². The summed E-state index contributed by atoms with van der Waals surface area (Å²) in [5.41, 5.74) is 3.58. The highest BCUT2D eigenvalue weighted by Gasteiger charge is 2.38. The fourth-order valence-electron chi connectivity index (χ4n) is 4.15. The first-order valence-corrected chi connectivity index (χ1v) is 11.4. The zero-order valence-electron chi connectivity index (χ0n) is 14.3. The third-order valence-electron chi connectivity index (χ3n) is 5.36. The smallest absolute Gasteiger partial charge is 0.207 e. The van der Waals surface area contributed by atoms with Gasteiger partial charge >= 0.3 is 0 Å². The Hall–Kier alpha value is -1.82. The van der Waals surface area contributed by atoms with E-state index < -0.39 is 10.0 Å². The summed E-state index contributed by atoms with van der Waals surface area (Å²) in [6.07, 6.45) is 2.00. The molecule has 2 aliphatic rings. The first-order valence-electron chi connectivity index (χ1n) is 8.88. The number of hydrogen-bond acceptors (Lipinski definition) is 3. The lowest BCUT2D eigenvalue weighted by Gasteiger charge is -2.24. The molecular weight excluding hydrogens is 362 g/mol. The maximum absolute atomic E-state index is 13.6. The van der Waals surface area contributed by atoms with E-state index in [1.54, 1.807) is 16.1 Å². The molecule has 1 heterocycles. The number of thioether (sulfide) groups is 1. The zero-order chi connectivity index (χ0) is 17.7. The van der Waals surface area contributed by atoms with E-state index in [2.05, 4.69) is 6.07 Å². The highest BCUT2D eigenvalue weighted by atomic mass is 32.2. The van der Waals surface area contributed by atoms with E-state index in [4.69, 9.17) is 0 Å². The maximum atomic E-state index is 13.6. The van der Waals surface area contributed by atoms with Crippen LogP contribution in [0.5, 0.6) is 0 Å². The van der Waals surface area contributed by atoms with Crippen molar-refractivity contribution in [2.45, 2.75) is 23.1 Å². The van der Waals surface area contributed by atoms with Gasteiger partial charge in [-0.05, 0) is 41.0 Å². The third kappa shape index (κ3) is 2.42. The fourth-order valence-corrected chi connectivity index (χ4v) is 7.58. The van der Waals surface area contributed by atoms with Gasteiger partial charge in [-0.15, -0.1) is 11.8 Å². The van der Waals surface area contributed by atoms with E-state index in [-0.39, 0.29) is 5.37 Å². The van der Waals surface area contributed by atoms with Gasteiger partial charge in [-0.25, -0.2) is 8.42 Å². The van der Waals surface area contributed by atoms with Crippen molar-refractivity contribution in [2.24, 2.45) is 0 Å². The quantitative estimate of drug-likeness (QED) is 0.676. The Morgan fingerprint density at radius 1 is 0.885 bits per heavy atom. The van der Waals surface area contributed by atoms with Gasteiger partial charge in [-0.2, -0.15) is 4.31 Å². The number of rotatable bonds is 3. The second kappa shape index (κ2) is 6.12. The molecule has 1 aliphatic carbocycles. The molecule has 1 aliphatic heterocycles. The van der Waals surface area contributed by atoms with Gasteiger partial charge in [0.15, 0.2) is 0 Å². The minimum absolute atomic E-state index is 0.149. The lowest BCUT2D eigenvalue weighted by molar-refractivity contribution is 0.435. The summed E-state index contributed by atoms with van der Waals surface area (Å²) in [5.74, 6) is 0.820. The number of aryl methyl sites for hydroxylation is 2. The van der Waals surface area contributed by atoms with Crippen LogP contribution in [0.4, 0.5) is 0 Å². The third-order valence-corrected chi connectivity index (χ3v) is 8.67. The van der Waals surface area contributed by atoms with Crippen molar-refractivity contribution in [3.63, 3.8) is 0 Å². The molecule has 0 radical (unpaired) electrons. The average molecular weight is 382 g/mol. The molecule has 0 saturated carbocycles. The Morgan fingerprint density at radius 3 is 2.46 bits per heavy atom. The molecule has 132 valence electrons. The fraction of sp³-hybridized carbons (Fsp3) is 0.238. The van der Waals surface area contributed by atoms with E-state index in [1.165, 1.54) is 11.1 Å². The van der Waals surface area contributed by atoms with Crippen LogP contribution in [0.3, 0.4) is 0 Å². The van der Waals surface area contributed by atoms with Crippen molar-refractivity contribution in [3.05, 3.63) is 77.4 Å². The van der Waals surface area contributed by atoms with Crippen LogP contribution in [-0.2, 0) is 22.9 Å². The molecule has 0 spiro atoms. The maximum Gasteiger partial charge on any atom is 0.245 e. The van der Waals surface area contributed by atoms with Gasteiger partial charge in [0.1, 0.15) is 0 Å². The molecule has 5 heteroatoms. The molecule has 3 nitrogen and oxygen atoms in total. The van der Waals surface area contributed by atoms with Crippen molar-refractivity contribution in [2.75, 3.05) is 12.3 Å². The molecule has 0 amide bonds. The standard InChI is InChI=1S/C21H19NO2S2/c23-26(24,22-13-14-25-21(22)17-5-2-1-3-6-17)19-12-11-16-10-9-15-7-4-8-18(19)20(15)16/h1-8,11-12,21H,9-10,13-14H2. The Morgan fingerprint density at radius 2 is 1.65 bits per heavy atom. The Balaban J connectivity index is 1.65. The monoisotopic (exact) mass is 381 g/mol. The second-order valence-electron chi connectivity index (χ2n) is 6.81. The van der Waals surface area contributed by atoms with Crippen LogP contribution in [0.1, 0.15) is 22.1 Å². The van der Waals surface area contributed by atoms with E-state index in [0.29, 0.717) is 11.4 Å². The van der Waals surface area contributed by atoms with E-state index >= 15 is 0 Å². The van der Waals surface area contributed by atoms with Crippen molar-refractivity contribution in [3.8, 4) is 0 Å². The van der Waals surface area contributed by atoms with E-state index in [0.717, 1.165) is 34.9 Å². The van der Waals surface area contributed by atoms with Gasteiger partial charge in [-0.3, -0.25) is 0 Å². The topological polar surface area (TPSA) is 37.4 Å². The van der Waals surface area contributed by atoms with Crippen molar-refractivity contribution in [1.82, 2.24) is 4.31 Å². The Kier molecular flexibility index (Phi) is 3.85. The SMILES string of the molecule is O=S(=O)(c1ccc2c3c(cccc13)CC2)N1CCSC1c1ccccc1. The predicted molar refractivity (Wildman–Crippen MR) is 107 cm³/mol. The van der Waals surface area contributed by atoms with Gasteiger partial charge in [0.05, 0.1) is 10.3 Å². The molecular formula is C21H19NO2S2. The van der Waals surface area contributed by atoms with Crippen molar-refractivity contribution >= 4 is 32.6 Å². The lowest BCUT2D eigenvalue weighted by Crippen LogP contribution is -2.30. The molecule has 0 aromatic heterocycles. The summed E-state index contributed by atoms with van der Waals surface area (Å²) < 4.78 is 28.8. The first kappa shape index (κ1) is 16.4. The molecule has 3 aromatic rings. The molecule has 5 rings (SSSR count). The first-order chi connectivity index (χ1) is 12.7. The minimum Gasteiger partial charge on any atom is -0.207 e. The number of nitrogens with zero attached hydrogens (tertiary/aromatic N) is 1. The number of sulfonamides is 1. The summed E-state index contributed by atoms with van der Waals surface area (Å²) in [6, 6.07) is 19.8. The van der Waals surface area contributed by atoms with Crippen LogP contribution in [0.25, 0.3) is 10.8 Å². The summed E-state index contributed by atoms with van der Waals surface area (Å²) in [4.78, 5) is 0.448.